The van der Waals surface area contributed by atoms with Crippen LogP contribution in [0.1, 0.15) is 0 Å². The van der Waals surface area contributed by atoms with Crippen molar-refractivity contribution in [3.63, 3.8) is 0 Å². The Balaban J connectivity index is 0.00000208. The molecule has 4 aromatic carbocycles. The molecule has 0 saturated heterocycles. The van der Waals surface area contributed by atoms with Crippen molar-refractivity contribution in [2.45, 2.75) is 0 Å². The third-order valence-electron chi connectivity index (χ3n) is 7.26. The number of benzene rings is 4. The molecule has 4 heterocycles. The molecule has 0 aliphatic heterocycles. The molecule has 0 atom stereocenters. The SMILES string of the molecule is Fc1cc(Oc2[c-]c(-c3ccccn3)ccc2)[c-]c2c1c1c(F)cc(Oc3[c-]c(-c4ccccn4)ccc3)[c-]c1n2-c1ncccn1.[Pt+2].[Pt+2]. The molecule has 0 spiro atoms. The van der Waals surface area contributed by atoms with Gasteiger partial charge in [0.1, 0.15) is 0 Å². The van der Waals surface area contributed by atoms with Crippen molar-refractivity contribution in [3.8, 4) is 51.5 Å². The van der Waals surface area contributed by atoms with Crippen LogP contribution in [0.2, 0.25) is 0 Å². The molecular weight excluding hydrogens is 987 g/mol. The molecule has 11 heteroatoms. The van der Waals surface area contributed by atoms with Gasteiger partial charge in [0.05, 0.1) is 0 Å². The van der Waals surface area contributed by atoms with Gasteiger partial charge in [0.15, 0.2) is 0 Å². The van der Waals surface area contributed by atoms with Gasteiger partial charge in [-0.1, -0.05) is 59.6 Å². The van der Waals surface area contributed by atoms with Gasteiger partial charge >= 0.3 is 42.1 Å². The van der Waals surface area contributed by atoms with E-state index in [1.807, 2.05) is 48.5 Å². The Morgan fingerprint density at radius 3 is 1.41 bits per heavy atom. The summed E-state index contributed by atoms with van der Waals surface area (Å²) in [5, 5.41) is -0.0648. The molecule has 242 valence electrons. The van der Waals surface area contributed by atoms with Crippen molar-refractivity contribution in [1.82, 2.24) is 24.5 Å². The Labute approximate surface area is 308 Å². The molecule has 8 rings (SSSR count). The summed E-state index contributed by atoms with van der Waals surface area (Å²) in [7, 11) is 0. The smallest absolute Gasteiger partial charge is 0.503 e. The van der Waals surface area contributed by atoms with E-state index in [0.29, 0.717) is 34.0 Å². The maximum atomic E-state index is 16.0. The first-order valence-electron chi connectivity index (χ1n) is 14.4. The van der Waals surface area contributed by atoms with Gasteiger partial charge in [0, 0.05) is 59.4 Å². The van der Waals surface area contributed by atoms with Crippen LogP contribution in [0.3, 0.4) is 0 Å². The van der Waals surface area contributed by atoms with E-state index in [1.165, 1.54) is 17.0 Å². The van der Waals surface area contributed by atoms with Gasteiger partial charge in [-0.2, -0.15) is 0 Å². The van der Waals surface area contributed by atoms with E-state index in [9.17, 15) is 0 Å². The molecular formula is C38H19F2N5O2Pt2. The number of nitrogens with zero attached hydrogens (tertiary/aromatic N) is 5. The monoisotopic (exact) mass is 1010 g/mol. The second-order valence-corrected chi connectivity index (χ2v) is 10.3. The molecule has 49 heavy (non-hydrogen) atoms. The maximum Gasteiger partial charge on any atom is 2.00 e. The van der Waals surface area contributed by atoms with Gasteiger partial charge in [0.25, 0.3) is 0 Å². The molecule has 0 N–H and O–H groups in total. The Hall–Kier alpha value is -5.10. The Bertz CT molecular complexity index is 2250. The first-order valence-corrected chi connectivity index (χ1v) is 14.4. The molecule has 4 aromatic heterocycles. The molecule has 0 unspecified atom stereocenters. The van der Waals surface area contributed by atoms with E-state index in [0.717, 1.165) is 12.1 Å². The van der Waals surface area contributed by atoms with E-state index in [2.05, 4.69) is 44.2 Å². The van der Waals surface area contributed by atoms with E-state index >= 15 is 8.78 Å². The second kappa shape index (κ2) is 14.6. The number of rotatable bonds is 7. The van der Waals surface area contributed by atoms with E-state index in [4.69, 9.17) is 9.47 Å². The number of fused-ring (bicyclic) bond motifs is 3. The largest absolute Gasteiger partial charge is 2.00 e. The average Bonchev–Trinajstić information content (AvgIpc) is 3.44. The summed E-state index contributed by atoms with van der Waals surface area (Å²) in [6.45, 7) is 0. The number of halogens is 2. The van der Waals surface area contributed by atoms with Gasteiger partial charge in [0.2, 0.25) is 5.95 Å². The van der Waals surface area contributed by atoms with Gasteiger partial charge < -0.3 is 24.0 Å². The molecule has 8 aromatic rings. The van der Waals surface area contributed by atoms with Crippen LogP contribution in [0.5, 0.6) is 23.0 Å². The summed E-state index contributed by atoms with van der Waals surface area (Å²) in [4.78, 5) is 17.4. The van der Waals surface area contributed by atoms with Crippen molar-refractivity contribution in [2.75, 3.05) is 0 Å². The van der Waals surface area contributed by atoms with E-state index in [1.54, 1.807) is 42.7 Å². The average molecular weight is 1010 g/mol. The third kappa shape index (κ3) is 6.78. The predicted molar refractivity (Wildman–Crippen MR) is 171 cm³/mol. The number of pyridine rings is 2. The van der Waals surface area contributed by atoms with Crippen molar-refractivity contribution in [1.29, 1.82) is 0 Å². The summed E-state index contributed by atoms with van der Waals surface area (Å²) in [5.41, 5.74) is 3.10. The minimum absolute atomic E-state index is 0. The Morgan fingerprint density at radius 2 is 0.959 bits per heavy atom. The fraction of sp³-hybridized carbons (Fsp3) is 0. The zero-order valence-electron chi connectivity index (χ0n) is 24.9. The van der Waals surface area contributed by atoms with Crippen LogP contribution in [-0.2, 0) is 42.1 Å². The zero-order chi connectivity index (χ0) is 31.7. The molecule has 7 nitrogen and oxygen atoms in total. The zero-order valence-corrected chi connectivity index (χ0v) is 29.5. The van der Waals surface area contributed by atoms with Crippen molar-refractivity contribution < 1.29 is 60.4 Å². The van der Waals surface area contributed by atoms with Crippen LogP contribution in [0, 0.1) is 35.9 Å². The van der Waals surface area contributed by atoms with Crippen LogP contribution in [0.25, 0.3) is 50.3 Å². The molecule has 0 aliphatic rings. The molecule has 0 fully saturated rings. The maximum absolute atomic E-state index is 16.0. The minimum atomic E-state index is -0.730. The Morgan fingerprint density at radius 1 is 0.490 bits per heavy atom. The van der Waals surface area contributed by atoms with Gasteiger partial charge in [-0.25, -0.2) is 18.7 Å². The summed E-state index contributed by atoms with van der Waals surface area (Å²) in [6, 6.07) is 38.2. The van der Waals surface area contributed by atoms with E-state index < -0.39 is 11.6 Å². The van der Waals surface area contributed by atoms with Gasteiger partial charge in [-0.3, -0.25) is 0 Å². The first-order chi connectivity index (χ1) is 23.1. The quantitative estimate of drug-likeness (QED) is 0.149. The van der Waals surface area contributed by atoms with Crippen molar-refractivity contribution in [2.24, 2.45) is 0 Å². The minimum Gasteiger partial charge on any atom is -0.503 e. The van der Waals surface area contributed by atoms with Crippen LogP contribution < -0.4 is 9.47 Å². The van der Waals surface area contributed by atoms with Gasteiger partial charge in [-0.15, -0.1) is 70.4 Å². The first kappa shape index (κ1) is 33.8. The summed E-state index contributed by atoms with van der Waals surface area (Å²) < 4.78 is 45.5. The normalized spacial score (nSPS) is 10.7. The third-order valence-corrected chi connectivity index (χ3v) is 7.26. The predicted octanol–water partition coefficient (Wildman–Crippen LogP) is 8.76. The number of ether oxygens (including phenoxy) is 2. The van der Waals surface area contributed by atoms with Crippen LogP contribution in [0.15, 0.2) is 116 Å². The number of hydrogen-bond acceptors (Lipinski definition) is 6. The molecule has 0 radical (unpaired) electrons. The van der Waals surface area contributed by atoms with E-state index in [-0.39, 0.29) is 81.4 Å². The summed E-state index contributed by atoms with van der Waals surface area (Å²) >= 11 is 0. The van der Waals surface area contributed by atoms with Crippen LogP contribution in [0.4, 0.5) is 8.78 Å². The van der Waals surface area contributed by atoms with Gasteiger partial charge in [-0.05, 0) is 29.6 Å². The number of aromatic nitrogens is 5. The standard InChI is InChI=1S/C38H19F2N5O2.2Pt/c39-30-20-28(46-26-10-5-8-24(18-26)32-12-1-3-14-41-32)22-34-36(30)37-31(40)21-29(23-35(37)45(34)38-43-16-7-17-44-38)47-27-11-6-9-25(19-27)33-13-2-4-15-42-33;;/h1-17,20-21H;;/q-4;2*+2. The molecule has 0 saturated carbocycles. The molecule has 0 amide bonds. The summed E-state index contributed by atoms with van der Waals surface area (Å²) in [6.07, 6.45) is 6.43. The van der Waals surface area contributed by atoms with Crippen LogP contribution in [-0.4, -0.2) is 24.5 Å². The Kier molecular flexibility index (Phi) is 10.0. The number of hydrogen-bond donors (Lipinski definition) is 0. The summed E-state index contributed by atoms with van der Waals surface area (Å²) in [5.74, 6) is -0.581. The molecule has 0 aliphatic carbocycles. The van der Waals surface area contributed by atoms with Crippen LogP contribution >= 0.6 is 0 Å². The molecule has 0 bridgehead atoms. The van der Waals surface area contributed by atoms with Crippen molar-refractivity contribution in [3.05, 3.63) is 152 Å². The topological polar surface area (TPSA) is 75.0 Å². The van der Waals surface area contributed by atoms with Crippen molar-refractivity contribution >= 4 is 21.8 Å². The second-order valence-electron chi connectivity index (χ2n) is 10.3. The fourth-order valence-electron chi connectivity index (χ4n) is 5.27. The fourth-order valence-corrected chi connectivity index (χ4v) is 5.27.